The van der Waals surface area contributed by atoms with Crippen molar-refractivity contribution in [2.75, 3.05) is 5.32 Å². The molecule has 0 aliphatic heterocycles. The lowest BCUT2D eigenvalue weighted by Crippen LogP contribution is -2.42. The third kappa shape index (κ3) is 5.30. The topological polar surface area (TPSA) is 84.0 Å². The van der Waals surface area contributed by atoms with Crippen LogP contribution in [0.3, 0.4) is 0 Å². The van der Waals surface area contributed by atoms with E-state index in [4.69, 9.17) is 18.0 Å². The maximum Gasteiger partial charge on any atom is 0.271 e. The number of amides is 2. The van der Waals surface area contributed by atoms with Gasteiger partial charge in [0.25, 0.3) is 5.91 Å². The zero-order chi connectivity index (χ0) is 18.4. The monoisotopic (exact) mass is 356 g/mol. The Morgan fingerprint density at radius 1 is 1.32 bits per heavy atom. The number of nitrogens with one attached hydrogen (secondary N) is 2. The molecule has 2 heterocycles. The zero-order valence-electron chi connectivity index (χ0n) is 13.8. The first-order valence-electron chi connectivity index (χ1n) is 7.45. The lowest BCUT2D eigenvalue weighted by molar-refractivity contribution is -0.115. The van der Waals surface area contributed by atoms with Crippen molar-refractivity contribution in [1.29, 1.82) is 0 Å². The van der Waals surface area contributed by atoms with Gasteiger partial charge < -0.3 is 10.6 Å². The van der Waals surface area contributed by atoms with Gasteiger partial charge in [0.15, 0.2) is 0 Å². The minimum Gasteiger partial charge on any atom is -0.335 e. The van der Waals surface area contributed by atoms with E-state index in [1.165, 1.54) is 18.5 Å². The van der Waals surface area contributed by atoms with Crippen LogP contribution >= 0.6 is 11.6 Å². The van der Waals surface area contributed by atoms with Crippen LogP contribution < -0.4 is 10.6 Å². The second-order valence-electron chi connectivity index (χ2n) is 5.85. The average Bonchev–Trinajstić information content (AvgIpc) is 2.57. The van der Waals surface area contributed by atoms with E-state index >= 15 is 0 Å². The van der Waals surface area contributed by atoms with E-state index in [2.05, 4.69) is 26.5 Å². The second-order valence-corrected chi connectivity index (χ2v) is 6.25. The minimum absolute atomic E-state index is 0.0926. The van der Waals surface area contributed by atoms with E-state index in [1.54, 1.807) is 32.2 Å². The Hall–Kier alpha value is -2.91. The Kier molecular flexibility index (Phi) is 5.73. The van der Waals surface area contributed by atoms with Crippen LogP contribution in [0.1, 0.15) is 29.9 Å². The highest BCUT2D eigenvalue weighted by Crippen LogP contribution is 2.15. The zero-order valence-corrected chi connectivity index (χ0v) is 14.6. The summed E-state index contributed by atoms with van der Waals surface area (Å²) in [7, 11) is 0. The Morgan fingerprint density at radius 2 is 2.08 bits per heavy atom. The van der Waals surface area contributed by atoms with Gasteiger partial charge in [-0.3, -0.25) is 19.6 Å². The van der Waals surface area contributed by atoms with Crippen molar-refractivity contribution < 1.29 is 9.59 Å². The Labute approximate surface area is 151 Å². The van der Waals surface area contributed by atoms with E-state index in [9.17, 15) is 9.59 Å². The molecule has 6 nitrogen and oxygen atoms in total. The molecule has 7 heteroatoms. The van der Waals surface area contributed by atoms with Gasteiger partial charge in [-0.15, -0.1) is 6.42 Å². The van der Waals surface area contributed by atoms with Crippen LogP contribution in [0.15, 0.2) is 36.8 Å². The van der Waals surface area contributed by atoms with Crippen LogP contribution in [0.5, 0.6) is 0 Å². The number of halogens is 1. The first kappa shape index (κ1) is 18.4. The summed E-state index contributed by atoms with van der Waals surface area (Å²) in [6, 6.07) is 4.75. The number of hydrogen-bond acceptors (Lipinski definition) is 4. The molecule has 0 spiro atoms. The summed E-state index contributed by atoms with van der Waals surface area (Å²) in [5.41, 5.74) is 0.477. The quantitative estimate of drug-likeness (QED) is 0.806. The molecular formula is C18H17ClN4O2. The SMILES string of the molecule is C#CC(C)(C)NC(=O)c1cc(NC(=O)Cc2ccncc2Cl)ccn1. The molecule has 2 N–H and O–H groups in total. The number of nitrogens with zero attached hydrogens (tertiary/aromatic N) is 2. The second kappa shape index (κ2) is 7.77. The molecule has 0 aromatic carbocycles. The van der Waals surface area contributed by atoms with Crippen molar-refractivity contribution in [1.82, 2.24) is 15.3 Å². The number of carbonyl (C=O) groups is 2. The molecule has 0 atom stereocenters. The average molecular weight is 357 g/mol. The predicted molar refractivity (Wildman–Crippen MR) is 96.2 cm³/mol. The highest BCUT2D eigenvalue weighted by molar-refractivity contribution is 6.31. The van der Waals surface area contributed by atoms with Crippen molar-refractivity contribution >= 4 is 29.1 Å². The van der Waals surface area contributed by atoms with Gasteiger partial charge in [-0.05, 0) is 37.6 Å². The molecule has 2 aromatic rings. The molecule has 0 radical (unpaired) electrons. The summed E-state index contributed by atoms with van der Waals surface area (Å²) in [6.07, 6.45) is 9.93. The van der Waals surface area contributed by atoms with Crippen LogP contribution in [0, 0.1) is 12.3 Å². The van der Waals surface area contributed by atoms with Gasteiger partial charge in [-0.1, -0.05) is 17.5 Å². The number of rotatable bonds is 5. The normalized spacial score (nSPS) is 10.6. The molecule has 0 saturated heterocycles. The van der Waals surface area contributed by atoms with Gasteiger partial charge >= 0.3 is 0 Å². The first-order valence-corrected chi connectivity index (χ1v) is 7.83. The number of aromatic nitrogens is 2. The van der Waals surface area contributed by atoms with Crippen LogP contribution in [0.2, 0.25) is 5.02 Å². The molecule has 0 unspecified atom stereocenters. The Balaban J connectivity index is 2.06. The summed E-state index contributed by atoms with van der Waals surface area (Å²) in [5, 5.41) is 5.81. The van der Waals surface area contributed by atoms with Gasteiger partial charge in [0, 0.05) is 24.3 Å². The minimum atomic E-state index is -0.796. The van der Waals surface area contributed by atoms with Gasteiger partial charge in [0.05, 0.1) is 17.0 Å². The van der Waals surface area contributed by atoms with Crippen LogP contribution in [0.25, 0.3) is 0 Å². The highest BCUT2D eigenvalue weighted by Gasteiger charge is 2.19. The molecule has 2 amide bonds. The number of terminal acetylenes is 1. The third-order valence-corrected chi connectivity index (χ3v) is 3.61. The van der Waals surface area contributed by atoms with Gasteiger partial charge in [-0.25, -0.2) is 0 Å². The van der Waals surface area contributed by atoms with Crippen molar-refractivity contribution in [3.63, 3.8) is 0 Å². The number of carbonyl (C=O) groups excluding carboxylic acids is 2. The van der Waals surface area contributed by atoms with E-state index in [0.29, 0.717) is 16.3 Å². The van der Waals surface area contributed by atoms with Crippen molar-refractivity contribution in [3.8, 4) is 12.3 Å². The van der Waals surface area contributed by atoms with Gasteiger partial charge in [0.1, 0.15) is 5.69 Å². The van der Waals surface area contributed by atoms with Crippen LogP contribution in [-0.4, -0.2) is 27.3 Å². The van der Waals surface area contributed by atoms with Crippen molar-refractivity contribution in [3.05, 3.63) is 53.1 Å². The predicted octanol–water partition coefficient (Wildman–Crippen LogP) is 2.45. The number of anilines is 1. The smallest absolute Gasteiger partial charge is 0.271 e. The first-order chi connectivity index (χ1) is 11.8. The van der Waals surface area contributed by atoms with E-state index in [0.717, 1.165) is 0 Å². The van der Waals surface area contributed by atoms with Crippen LogP contribution in [-0.2, 0) is 11.2 Å². The molecule has 0 aliphatic rings. The summed E-state index contributed by atoms with van der Waals surface area (Å²) in [4.78, 5) is 32.2. The molecule has 25 heavy (non-hydrogen) atoms. The largest absolute Gasteiger partial charge is 0.335 e. The summed E-state index contributed by atoms with van der Waals surface area (Å²) >= 11 is 5.99. The molecule has 2 rings (SSSR count). The summed E-state index contributed by atoms with van der Waals surface area (Å²) < 4.78 is 0. The lowest BCUT2D eigenvalue weighted by atomic mass is 10.1. The molecular weight excluding hydrogens is 340 g/mol. The van der Waals surface area contributed by atoms with E-state index in [1.807, 2.05) is 0 Å². The number of pyridine rings is 2. The molecule has 128 valence electrons. The fourth-order valence-electron chi connectivity index (χ4n) is 1.94. The fraction of sp³-hybridized carbons (Fsp3) is 0.222. The third-order valence-electron chi connectivity index (χ3n) is 3.27. The maximum absolute atomic E-state index is 12.2. The Bertz CT molecular complexity index is 843. The van der Waals surface area contributed by atoms with Crippen molar-refractivity contribution in [2.45, 2.75) is 25.8 Å². The van der Waals surface area contributed by atoms with Crippen molar-refractivity contribution in [2.24, 2.45) is 0 Å². The Morgan fingerprint density at radius 3 is 2.76 bits per heavy atom. The fourth-order valence-corrected chi connectivity index (χ4v) is 2.13. The van der Waals surface area contributed by atoms with Gasteiger partial charge in [0.2, 0.25) is 5.91 Å². The lowest BCUT2D eigenvalue weighted by Gasteiger charge is -2.19. The van der Waals surface area contributed by atoms with E-state index < -0.39 is 11.4 Å². The summed E-state index contributed by atoms with van der Waals surface area (Å²) in [5.74, 6) is 1.79. The molecule has 0 fully saturated rings. The molecule has 0 saturated carbocycles. The van der Waals surface area contributed by atoms with Crippen LogP contribution in [0.4, 0.5) is 5.69 Å². The molecule has 0 aliphatic carbocycles. The highest BCUT2D eigenvalue weighted by atomic mass is 35.5. The standard InChI is InChI=1S/C18H17ClN4O2/c1-4-18(2,3)23-17(25)15-10-13(6-8-21-15)22-16(24)9-12-5-7-20-11-14(12)19/h1,5-8,10-11H,9H2,2-3H3,(H,23,25)(H,21,22,24). The van der Waals surface area contributed by atoms with E-state index in [-0.39, 0.29) is 18.0 Å². The molecule has 2 aromatic heterocycles. The van der Waals surface area contributed by atoms with Gasteiger partial charge in [-0.2, -0.15) is 0 Å². The molecule has 0 bridgehead atoms. The summed E-state index contributed by atoms with van der Waals surface area (Å²) in [6.45, 7) is 3.41. The maximum atomic E-state index is 12.2. The number of hydrogen-bond donors (Lipinski definition) is 2.